The summed E-state index contributed by atoms with van der Waals surface area (Å²) in [5.41, 5.74) is 0.264. The first kappa shape index (κ1) is 27.5. The number of amides is 2. The molecule has 2 aromatic rings. The third-order valence-electron chi connectivity index (χ3n) is 4.01. The van der Waals surface area contributed by atoms with Crippen LogP contribution in [0.3, 0.4) is 0 Å². The second-order valence-corrected chi connectivity index (χ2v) is 9.47. The van der Waals surface area contributed by atoms with Crippen LogP contribution >= 0.6 is 0 Å². The Morgan fingerprint density at radius 2 is 1.40 bits per heavy atom. The summed E-state index contributed by atoms with van der Waals surface area (Å²) in [6.45, 7) is 11.1. The number of hydrogen-bond acceptors (Lipinski definition) is 8. The molecule has 0 saturated heterocycles. The smallest absolute Gasteiger partial charge is 0.412 e. The quantitative estimate of drug-likeness (QED) is 0.206. The van der Waals surface area contributed by atoms with E-state index in [1.54, 1.807) is 84.0 Å². The van der Waals surface area contributed by atoms with Crippen LogP contribution in [0.1, 0.15) is 47.1 Å². The summed E-state index contributed by atoms with van der Waals surface area (Å²) in [6, 6.07) is 11.3. The second kappa shape index (κ2) is 12.1. The lowest BCUT2D eigenvalue weighted by Gasteiger charge is -2.21. The minimum atomic E-state index is -0.681. The van der Waals surface area contributed by atoms with Gasteiger partial charge >= 0.3 is 12.2 Å². The number of anilines is 2. The fourth-order valence-electron chi connectivity index (χ4n) is 2.71. The van der Waals surface area contributed by atoms with Crippen molar-refractivity contribution in [2.24, 2.45) is 0 Å². The molecule has 0 bridgehead atoms. The van der Waals surface area contributed by atoms with E-state index in [-0.39, 0.29) is 6.61 Å². The van der Waals surface area contributed by atoms with Crippen molar-refractivity contribution in [2.45, 2.75) is 59.2 Å². The largest absolute Gasteiger partial charge is 0.444 e. The lowest BCUT2D eigenvalue weighted by atomic mass is 10.1. The normalized spacial score (nSPS) is 11.3. The van der Waals surface area contributed by atoms with E-state index in [4.69, 9.17) is 24.0 Å². The van der Waals surface area contributed by atoms with Gasteiger partial charge in [0.25, 0.3) is 6.47 Å². The van der Waals surface area contributed by atoms with Crippen LogP contribution in [0.2, 0.25) is 0 Å². The number of nitrogens with one attached hydrogen (secondary N) is 2. The Labute approximate surface area is 204 Å². The summed E-state index contributed by atoms with van der Waals surface area (Å²) in [5, 5.41) is 5.36. The molecule has 10 heteroatoms. The van der Waals surface area contributed by atoms with Gasteiger partial charge in [-0.05, 0) is 83.5 Å². The van der Waals surface area contributed by atoms with Crippen molar-refractivity contribution in [2.75, 3.05) is 17.2 Å². The summed E-state index contributed by atoms with van der Waals surface area (Å²) < 4.78 is 15.3. The van der Waals surface area contributed by atoms with E-state index in [0.29, 0.717) is 35.8 Å². The van der Waals surface area contributed by atoms with Gasteiger partial charge in [-0.1, -0.05) is 6.07 Å². The van der Waals surface area contributed by atoms with Crippen LogP contribution in [0.5, 0.6) is 11.5 Å². The van der Waals surface area contributed by atoms with Crippen molar-refractivity contribution in [1.29, 1.82) is 0 Å². The van der Waals surface area contributed by atoms with E-state index >= 15 is 0 Å². The van der Waals surface area contributed by atoms with E-state index in [9.17, 15) is 14.4 Å². The van der Waals surface area contributed by atoms with Crippen LogP contribution in [-0.4, -0.2) is 36.5 Å². The molecular weight excluding hydrogens is 456 g/mol. The molecular formula is C25H32N2O8. The lowest BCUT2D eigenvalue weighted by molar-refractivity contribution is -0.205. The highest BCUT2D eigenvalue weighted by Crippen LogP contribution is 2.24. The monoisotopic (exact) mass is 488 g/mol. The third kappa shape index (κ3) is 10.8. The Balaban J connectivity index is 2.05. The fourth-order valence-corrected chi connectivity index (χ4v) is 2.71. The Hall–Kier alpha value is -3.79. The Morgan fingerprint density at radius 1 is 0.829 bits per heavy atom. The molecule has 2 N–H and O–H groups in total. The summed E-state index contributed by atoms with van der Waals surface area (Å²) in [6.07, 6.45) is -0.873. The van der Waals surface area contributed by atoms with Gasteiger partial charge in [0.15, 0.2) is 5.75 Å². The van der Waals surface area contributed by atoms with Crippen LogP contribution in [0.15, 0.2) is 42.5 Å². The molecule has 0 aliphatic heterocycles. The van der Waals surface area contributed by atoms with Crippen LogP contribution in [-0.2, 0) is 25.6 Å². The first-order valence-electron chi connectivity index (χ1n) is 11.0. The molecule has 2 rings (SSSR count). The first-order valence-corrected chi connectivity index (χ1v) is 11.0. The number of rotatable bonds is 9. The molecule has 0 aromatic heterocycles. The third-order valence-corrected chi connectivity index (χ3v) is 4.01. The molecule has 0 radical (unpaired) electrons. The standard InChI is InChI=1S/C25H32N2O8/c1-24(2,3)33-22(29)26-18-8-7-17(21(15-18)27-23(30)34-25(4,5)6)13-14-32-35-20-11-9-19(10-12-20)31-16-28/h7-12,15-16H,13-14H2,1-6H3,(H,26,29)(H,27,30). The molecule has 0 saturated carbocycles. The van der Waals surface area contributed by atoms with Crippen molar-refractivity contribution in [3.05, 3.63) is 48.0 Å². The molecule has 0 fully saturated rings. The van der Waals surface area contributed by atoms with Gasteiger partial charge < -0.3 is 19.1 Å². The number of carbonyl (C=O) groups is 3. The van der Waals surface area contributed by atoms with Gasteiger partial charge in [0.05, 0.1) is 6.61 Å². The molecule has 10 nitrogen and oxygen atoms in total. The van der Waals surface area contributed by atoms with E-state index in [1.807, 2.05) is 0 Å². The van der Waals surface area contributed by atoms with Crippen LogP contribution in [0.25, 0.3) is 0 Å². The summed E-state index contributed by atoms with van der Waals surface area (Å²) in [4.78, 5) is 45.4. The highest BCUT2D eigenvalue weighted by molar-refractivity contribution is 5.90. The molecule has 0 spiro atoms. The molecule has 0 aliphatic rings. The molecule has 0 heterocycles. The van der Waals surface area contributed by atoms with E-state index in [1.165, 1.54) is 0 Å². The zero-order chi connectivity index (χ0) is 26.1. The molecule has 2 amide bonds. The van der Waals surface area contributed by atoms with Crippen LogP contribution < -0.4 is 20.3 Å². The zero-order valence-corrected chi connectivity index (χ0v) is 20.8. The molecule has 0 unspecified atom stereocenters. The number of ether oxygens (including phenoxy) is 3. The predicted molar refractivity (Wildman–Crippen MR) is 130 cm³/mol. The Morgan fingerprint density at radius 3 is 1.97 bits per heavy atom. The van der Waals surface area contributed by atoms with Crippen molar-refractivity contribution in [3.8, 4) is 11.5 Å². The van der Waals surface area contributed by atoms with Crippen LogP contribution in [0, 0.1) is 0 Å². The number of hydrogen-bond donors (Lipinski definition) is 2. The average Bonchev–Trinajstić information content (AvgIpc) is 2.71. The Kier molecular flexibility index (Phi) is 9.47. The predicted octanol–water partition coefficient (Wildman–Crippen LogP) is 5.47. The summed E-state index contributed by atoms with van der Waals surface area (Å²) in [5.74, 6) is 0.803. The van der Waals surface area contributed by atoms with Crippen molar-refractivity contribution in [3.63, 3.8) is 0 Å². The maximum Gasteiger partial charge on any atom is 0.412 e. The van der Waals surface area contributed by atoms with Gasteiger partial charge in [0.2, 0.25) is 0 Å². The second-order valence-electron chi connectivity index (χ2n) is 9.47. The van der Waals surface area contributed by atoms with E-state index in [2.05, 4.69) is 10.6 Å². The highest BCUT2D eigenvalue weighted by Gasteiger charge is 2.19. The Bertz CT molecular complexity index is 1010. The lowest BCUT2D eigenvalue weighted by Crippen LogP contribution is -2.28. The van der Waals surface area contributed by atoms with Gasteiger partial charge in [0, 0.05) is 17.8 Å². The van der Waals surface area contributed by atoms with Crippen LogP contribution in [0.4, 0.5) is 21.0 Å². The number of carbonyl (C=O) groups excluding carboxylic acids is 3. The van der Waals surface area contributed by atoms with E-state index < -0.39 is 23.4 Å². The maximum absolute atomic E-state index is 12.4. The SMILES string of the molecule is CC(C)(C)OC(=O)Nc1ccc(CCOOc2ccc(OC=O)cc2)c(NC(=O)OC(C)(C)C)c1. The number of benzene rings is 2. The fraction of sp³-hybridized carbons (Fsp3) is 0.400. The van der Waals surface area contributed by atoms with Gasteiger partial charge in [-0.15, -0.1) is 0 Å². The minimum Gasteiger partial charge on any atom is -0.444 e. The minimum absolute atomic E-state index is 0.161. The zero-order valence-electron chi connectivity index (χ0n) is 20.8. The first-order chi connectivity index (χ1) is 16.3. The molecule has 35 heavy (non-hydrogen) atoms. The average molecular weight is 489 g/mol. The summed E-state index contributed by atoms with van der Waals surface area (Å²) in [7, 11) is 0. The van der Waals surface area contributed by atoms with Gasteiger partial charge in [-0.3, -0.25) is 15.4 Å². The van der Waals surface area contributed by atoms with Gasteiger partial charge in [-0.2, -0.15) is 4.89 Å². The maximum atomic E-state index is 12.4. The molecule has 0 aliphatic carbocycles. The van der Waals surface area contributed by atoms with Crippen molar-refractivity contribution < 1.29 is 38.4 Å². The van der Waals surface area contributed by atoms with Crippen molar-refractivity contribution in [1.82, 2.24) is 0 Å². The highest BCUT2D eigenvalue weighted by atomic mass is 17.2. The topological polar surface area (TPSA) is 121 Å². The molecule has 190 valence electrons. The van der Waals surface area contributed by atoms with Gasteiger partial charge in [0.1, 0.15) is 17.0 Å². The van der Waals surface area contributed by atoms with E-state index in [0.717, 1.165) is 5.56 Å². The summed E-state index contributed by atoms with van der Waals surface area (Å²) >= 11 is 0. The van der Waals surface area contributed by atoms with Gasteiger partial charge in [-0.25, -0.2) is 9.59 Å². The molecule has 0 atom stereocenters. The van der Waals surface area contributed by atoms with Crippen molar-refractivity contribution >= 4 is 30.0 Å². The molecule has 2 aromatic carbocycles.